The molecule has 0 amide bonds. The molecule has 1 aromatic heterocycles. The van der Waals surface area contributed by atoms with Gasteiger partial charge in [0.15, 0.2) is 4.21 Å². The Hall–Kier alpha value is -0.700. The minimum atomic E-state index is -3.57. The van der Waals surface area contributed by atoms with Crippen molar-refractivity contribution < 1.29 is 8.42 Å². The van der Waals surface area contributed by atoms with Crippen LogP contribution < -0.4 is 10.6 Å². The molecule has 0 radical (unpaired) electrons. The van der Waals surface area contributed by atoms with Crippen molar-refractivity contribution in [2.75, 3.05) is 0 Å². The van der Waals surface area contributed by atoms with E-state index >= 15 is 0 Å². The van der Waals surface area contributed by atoms with E-state index < -0.39 is 10.0 Å². The van der Waals surface area contributed by atoms with Crippen LogP contribution in [0, 0.1) is 6.92 Å². The van der Waals surface area contributed by atoms with E-state index in [1.165, 1.54) is 0 Å². The van der Waals surface area contributed by atoms with Gasteiger partial charge in [-0.25, -0.2) is 8.42 Å². The number of H-pyrrole nitrogens is 1. The van der Waals surface area contributed by atoms with Gasteiger partial charge in [-0.15, -0.1) is 0 Å². The van der Waals surface area contributed by atoms with Gasteiger partial charge >= 0.3 is 4.87 Å². The molecule has 2 atom stereocenters. The lowest BCUT2D eigenvalue weighted by atomic mass is 10.0. The van der Waals surface area contributed by atoms with Crippen LogP contribution in [0.1, 0.15) is 31.4 Å². The van der Waals surface area contributed by atoms with E-state index in [9.17, 15) is 13.2 Å². The first-order valence-electron chi connectivity index (χ1n) is 6.38. The third-order valence-electron chi connectivity index (χ3n) is 4.00. The average molecular weight is 303 g/mol. The summed E-state index contributed by atoms with van der Waals surface area (Å²) in [5.74, 6) is 0. The highest BCUT2D eigenvalue weighted by Gasteiger charge is 2.47. The molecular formula is C11H17N3O3S2. The third-order valence-corrected chi connectivity index (χ3v) is 7.58. The van der Waals surface area contributed by atoms with Gasteiger partial charge in [0.2, 0.25) is 0 Å². The molecule has 2 saturated heterocycles. The predicted octanol–water partition coefficient (Wildman–Crippen LogP) is 0.388. The maximum atomic E-state index is 12.7. The maximum absolute atomic E-state index is 12.7. The summed E-state index contributed by atoms with van der Waals surface area (Å²) in [5.41, 5.74) is 6.39. The maximum Gasteiger partial charge on any atom is 0.305 e. The Morgan fingerprint density at radius 3 is 2.37 bits per heavy atom. The van der Waals surface area contributed by atoms with Crippen molar-refractivity contribution in [2.45, 2.75) is 54.9 Å². The first kappa shape index (κ1) is 13.3. The van der Waals surface area contributed by atoms with Crippen molar-refractivity contribution >= 4 is 21.4 Å². The van der Waals surface area contributed by atoms with Gasteiger partial charge < -0.3 is 10.7 Å². The summed E-state index contributed by atoms with van der Waals surface area (Å²) >= 11 is 0.776. The summed E-state index contributed by atoms with van der Waals surface area (Å²) in [6.45, 7) is 1.63. The van der Waals surface area contributed by atoms with E-state index in [0.29, 0.717) is 18.5 Å². The molecule has 2 aliphatic rings. The SMILES string of the molecule is Cc1[nH]c(=O)sc1S(=O)(=O)N1C2CCC1CC(N)C2. The smallest absolute Gasteiger partial charge is 0.305 e. The standard InChI is InChI=1S/C11H17N3O3S2/c1-6-10(18-11(15)13-6)19(16,17)14-8-2-3-9(14)5-7(12)4-8/h7-9H,2-5,12H2,1H3,(H,13,15). The summed E-state index contributed by atoms with van der Waals surface area (Å²) in [4.78, 5) is 13.6. The summed E-state index contributed by atoms with van der Waals surface area (Å²) in [6, 6.07) is 0.0840. The lowest BCUT2D eigenvalue weighted by molar-refractivity contribution is 0.227. The van der Waals surface area contributed by atoms with E-state index in [1.54, 1.807) is 11.2 Å². The van der Waals surface area contributed by atoms with E-state index in [-0.39, 0.29) is 27.2 Å². The fraction of sp³-hybridized carbons (Fsp3) is 0.727. The Bertz CT molecular complexity index is 634. The first-order valence-corrected chi connectivity index (χ1v) is 8.64. The van der Waals surface area contributed by atoms with Gasteiger partial charge in [-0.1, -0.05) is 11.3 Å². The second kappa shape index (κ2) is 4.41. The summed E-state index contributed by atoms with van der Waals surface area (Å²) in [5, 5.41) is 0. The van der Waals surface area contributed by atoms with Crippen LogP contribution in [0.3, 0.4) is 0 Å². The topological polar surface area (TPSA) is 96.3 Å². The lowest BCUT2D eigenvalue weighted by Gasteiger charge is -2.36. The average Bonchev–Trinajstić information content (AvgIpc) is 2.78. The highest BCUT2D eigenvalue weighted by atomic mass is 32.2. The molecule has 8 heteroatoms. The number of aromatic amines is 1. The molecule has 106 valence electrons. The Morgan fingerprint density at radius 1 is 1.32 bits per heavy atom. The molecule has 2 unspecified atom stereocenters. The van der Waals surface area contributed by atoms with Crippen molar-refractivity contribution in [3.8, 4) is 0 Å². The number of nitrogens with one attached hydrogen (secondary N) is 1. The molecule has 6 nitrogen and oxygen atoms in total. The fourth-order valence-electron chi connectivity index (χ4n) is 3.30. The number of aromatic nitrogens is 1. The number of piperidine rings is 1. The molecule has 2 fully saturated rings. The van der Waals surface area contributed by atoms with Crippen LogP contribution in [-0.2, 0) is 10.0 Å². The predicted molar refractivity (Wildman–Crippen MR) is 72.7 cm³/mol. The van der Waals surface area contributed by atoms with Crippen LogP contribution in [0.2, 0.25) is 0 Å². The molecule has 0 aliphatic carbocycles. The van der Waals surface area contributed by atoms with Gasteiger partial charge in [-0.2, -0.15) is 4.31 Å². The second-order valence-corrected chi connectivity index (χ2v) is 8.40. The van der Waals surface area contributed by atoms with Gasteiger partial charge in [0, 0.05) is 23.8 Å². The molecular weight excluding hydrogens is 286 g/mol. The number of hydrogen-bond acceptors (Lipinski definition) is 5. The molecule has 0 spiro atoms. The molecule has 19 heavy (non-hydrogen) atoms. The van der Waals surface area contributed by atoms with Crippen LogP contribution in [-0.4, -0.2) is 35.8 Å². The summed E-state index contributed by atoms with van der Waals surface area (Å²) in [6.07, 6.45) is 3.17. The van der Waals surface area contributed by atoms with E-state index in [2.05, 4.69) is 4.98 Å². The van der Waals surface area contributed by atoms with Crippen molar-refractivity contribution in [3.63, 3.8) is 0 Å². The molecule has 0 saturated carbocycles. The number of sulfonamides is 1. The van der Waals surface area contributed by atoms with E-state index in [4.69, 9.17) is 5.73 Å². The molecule has 1 aromatic rings. The zero-order valence-electron chi connectivity index (χ0n) is 10.6. The third kappa shape index (κ3) is 2.06. The zero-order valence-corrected chi connectivity index (χ0v) is 12.3. The number of aryl methyl sites for hydroxylation is 1. The van der Waals surface area contributed by atoms with E-state index in [0.717, 1.165) is 24.2 Å². The van der Waals surface area contributed by atoms with Gasteiger partial charge in [0.05, 0.1) is 0 Å². The van der Waals surface area contributed by atoms with Crippen LogP contribution in [0.4, 0.5) is 0 Å². The van der Waals surface area contributed by atoms with Crippen LogP contribution in [0.25, 0.3) is 0 Å². The number of nitrogens with zero attached hydrogens (tertiary/aromatic N) is 1. The number of rotatable bonds is 2. The highest BCUT2D eigenvalue weighted by molar-refractivity contribution is 7.91. The van der Waals surface area contributed by atoms with Gasteiger partial charge in [0.25, 0.3) is 10.0 Å². The molecule has 2 bridgehead atoms. The summed E-state index contributed by atoms with van der Waals surface area (Å²) < 4.78 is 27.2. The van der Waals surface area contributed by atoms with Crippen LogP contribution >= 0.6 is 11.3 Å². The van der Waals surface area contributed by atoms with Gasteiger partial charge in [-0.3, -0.25) is 4.79 Å². The molecule has 3 heterocycles. The Kier molecular flexibility index (Phi) is 3.08. The summed E-state index contributed by atoms with van der Waals surface area (Å²) in [7, 11) is -3.57. The lowest BCUT2D eigenvalue weighted by Crippen LogP contribution is -2.49. The monoisotopic (exact) mass is 303 g/mol. The number of fused-ring (bicyclic) bond motifs is 2. The fourth-order valence-corrected chi connectivity index (χ4v) is 6.58. The quantitative estimate of drug-likeness (QED) is 0.826. The second-order valence-electron chi connectivity index (χ2n) is 5.38. The van der Waals surface area contributed by atoms with Crippen molar-refractivity contribution in [1.82, 2.24) is 9.29 Å². The highest BCUT2D eigenvalue weighted by Crippen LogP contribution is 2.40. The first-order chi connectivity index (χ1) is 8.89. The van der Waals surface area contributed by atoms with E-state index in [1.807, 2.05) is 0 Å². The molecule has 3 rings (SSSR count). The number of thiazole rings is 1. The largest absolute Gasteiger partial charge is 0.328 e. The molecule has 2 aliphatic heterocycles. The zero-order chi connectivity index (χ0) is 13.8. The van der Waals surface area contributed by atoms with Gasteiger partial charge in [-0.05, 0) is 32.6 Å². The number of hydrogen-bond donors (Lipinski definition) is 2. The van der Waals surface area contributed by atoms with Crippen molar-refractivity contribution in [2.24, 2.45) is 5.73 Å². The number of nitrogens with two attached hydrogens (primary N) is 1. The molecule has 3 N–H and O–H groups in total. The van der Waals surface area contributed by atoms with Crippen molar-refractivity contribution in [1.29, 1.82) is 0 Å². The van der Waals surface area contributed by atoms with Crippen molar-refractivity contribution in [3.05, 3.63) is 15.4 Å². The Labute approximate surface area is 115 Å². The minimum absolute atomic E-state index is 0.00430. The van der Waals surface area contributed by atoms with Crippen LogP contribution in [0.15, 0.2) is 9.00 Å². The Morgan fingerprint density at radius 2 is 1.89 bits per heavy atom. The van der Waals surface area contributed by atoms with Gasteiger partial charge in [0.1, 0.15) is 0 Å². The molecule has 0 aromatic carbocycles. The normalized spacial score (nSPS) is 31.8. The van der Waals surface area contributed by atoms with Crippen LogP contribution in [0.5, 0.6) is 0 Å². The Balaban J connectivity index is 2.02. The minimum Gasteiger partial charge on any atom is -0.328 e.